The molecular weight excluding hydrogens is 304 g/mol. The van der Waals surface area contributed by atoms with Crippen LogP contribution < -0.4 is 4.73 Å². The minimum Gasteiger partial charge on any atom is -0.618 e. The van der Waals surface area contributed by atoms with Crippen LogP contribution in [0.3, 0.4) is 0 Å². The monoisotopic (exact) mass is 320 g/mol. The lowest BCUT2D eigenvalue weighted by Gasteiger charge is -2.17. The number of aromatic nitrogens is 1. The molecule has 0 aliphatic heterocycles. The van der Waals surface area contributed by atoms with E-state index in [1.165, 1.54) is 18.3 Å². The minimum atomic E-state index is -0.532. The van der Waals surface area contributed by atoms with Crippen LogP contribution in [0.15, 0.2) is 47.8 Å². The third kappa shape index (κ3) is 3.89. The van der Waals surface area contributed by atoms with E-state index in [1.807, 2.05) is 20.8 Å². The number of nitrogens with zero attached hydrogens (tertiary/aromatic N) is 2. The average molecular weight is 321 g/mol. The number of hydrogen-bond acceptors (Lipinski definition) is 4. The van der Waals surface area contributed by atoms with E-state index in [9.17, 15) is 10.3 Å². The molecule has 2 aromatic rings. The van der Waals surface area contributed by atoms with Crippen LogP contribution in [0.1, 0.15) is 32.0 Å². The van der Waals surface area contributed by atoms with E-state index in [-0.39, 0.29) is 17.2 Å². The van der Waals surface area contributed by atoms with Gasteiger partial charge in [-0.3, -0.25) is 0 Å². The Morgan fingerprint density at radius 3 is 2.41 bits per heavy atom. The van der Waals surface area contributed by atoms with E-state index in [0.717, 1.165) is 0 Å². The summed E-state index contributed by atoms with van der Waals surface area (Å²) >= 11 is 5.89. The van der Waals surface area contributed by atoms with Crippen LogP contribution in [0, 0.1) is 5.21 Å². The van der Waals surface area contributed by atoms with Crippen LogP contribution in [0.2, 0.25) is 5.02 Å². The van der Waals surface area contributed by atoms with Gasteiger partial charge in [0.25, 0.3) is 5.69 Å². The van der Waals surface area contributed by atoms with Gasteiger partial charge in [0.1, 0.15) is 5.60 Å². The zero-order chi connectivity index (χ0) is 16.3. The van der Waals surface area contributed by atoms with E-state index in [4.69, 9.17) is 16.4 Å². The van der Waals surface area contributed by atoms with E-state index >= 15 is 0 Å². The summed E-state index contributed by atoms with van der Waals surface area (Å²) in [5.74, 6) is -0.177. The van der Waals surface area contributed by atoms with Crippen molar-refractivity contribution in [2.45, 2.75) is 26.4 Å². The summed E-state index contributed by atoms with van der Waals surface area (Å²) in [6.45, 7) is 5.52. The molecule has 0 radical (unpaired) electrons. The fraction of sp³-hybridized carbons (Fsp3) is 0.250. The SMILES string of the molecule is CC(C)(C)ON=C(c1ccc(Cl)cc1)c1c(O)ccc[n+]1[O-]. The zero-order valence-electron chi connectivity index (χ0n) is 12.6. The van der Waals surface area contributed by atoms with Crippen LogP contribution in [0.25, 0.3) is 0 Å². The number of oxime groups is 1. The molecule has 0 atom stereocenters. The number of rotatable bonds is 3. The van der Waals surface area contributed by atoms with Crippen molar-refractivity contribution < 1.29 is 14.7 Å². The third-order valence-electron chi connectivity index (χ3n) is 2.69. The second-order valence-electron chi connectivity index (χ2n) is 5.72. The Hall–Kier alpha value is -2.27. The molecule has 0 unspecified atom stereocenters. The summed E-state index contributed by atoms with van der Waals surface area (Å²) in [5.41, 5.74) is 0.337. The Bertz CT molecular complexity index is 671. The first-order chi connectivity index (χ1) is 10.3. The summed E-state index contributed by atoms with van der Waals surface area (Å²) in [4.78, 5) is 5.43. The Morgan fingerprint density at radius 1 is 1.23 bits per heavy atom. The molecule has 1 heterocycles. The summed E-state index contributed by atoms with van der Waals surface area (Å²) < 4.78 is 0.550. The first-order valence-corrected chi connectivity index (χ1v) is 7.09. The fourth-order valence-corrected chi connectivity index (χ4v) is 1.85. The molecule has 5 nitrogen and oxygen atoms in total. The van der Waals surface area contributed by atoms with E-state index in [2.05, 4.69) is 5.16 Å². The molecule has 1 aromatic carbocycles. The summed E-state index contributed by atoms with van der Waals surface area (Å²) in [5, 5.41) is 26.7. The molecule has 0 spiro atoms. The number of pyridine rings is 1. The summed E-state index contributed by atoms with van der Waals surface area (Å²) in [6, 6.07) is 9.65. The van der Waals surface area contributed by atoms with Crippen LogP contribution in [0.4, 0.5) is 0 Å². The first-order valence-electron chi connectivity index (χ1n) is 6.71. The Kier molecular flexibility index (Phi) is 4.56. The normalized spacial score (nSPS) is 12.3. The lowest BCUT2D eigenvalue weighted by atomic mass is 10.1. The predicted molar refractivity (Wildman–Crippen MR) is 85.0 cm³/mol. The van der Waals surface area contributed by atoms with Crippen molar-refractivity contribution in [1.82, 2.24) is 0 Å². The molecule has 2 rings (SSSR count). The highest BCUT2D eigenvalue weighted by Crippen LogP contribution is 2.20. The molecule has 116 valence electrons. The molecule has 0 saturated carbocycles. The van der Waals surface area contributed by atoms with Gasteiger partial charge < -0.3 is 15.2 Å². The second kappa shape index (κ2) is 6.23. The number of benzene rings is 1. The highest BCUT2D eigenvalue weighted by atomic mass is 35.5. The predicted octanol–water partition coefficient (Wildman–Crippen LogP) is 3.25. The largest absolute Gasteiger partial charge is 0.618 e. The van der Waals surface area contributed by atoms with Gasteiger partial charge in [0.2, 0.25) is 0 Å². The van der Waals surface area contributed by atoms with Crippen molar-refractivity contribution in [3.05, 3.63) is 64.1 Å². The maximum atomic E-state index is 12.0. The minimum absolute atomic E-state index is 0.0223. The van der Waals surface area contributed by atoms with Gasteiger partial charge in [-0.2, -0.15) is 4.73 Å². The van der Waals surface area contributed by atoms with Gasteiger partial charge in [-0.15, -0.1) is 0 Å². The standard InChI is InChI=1S/C16H17ClN2O3/c1-16(2,3)22-18-14(11-6-8-12(17)9-7-11)15-13(20)5-4-10-19(15)21/h4-10,20H,1-3H3. The van der Waals surface area contributed by atoms with Gasteiger partial charge >= 0.3 is 0 Å². The van der Waals surface area contributed by atoms with Crippen molar-refractivity contribution in [2.24, 2.45) is 5.16 Å². The molecular formula is C16H17ClN2O3. The van der Waals surface area contributed by atoms with E-state index in [1.54, 1.807) is 24.3 Å². The van der Waals surface area contributed by atoms with E-state index < -0.39 is 5.60 Å². The maximum absolute atomic E-state index is 12.0. The van der Waals surface area contributed by atoms with Gasteiger partial charge in [-0.1, -0.05) is 28.9 Å². The number of halogens is 1. The second-order valence-corrected chi connectivity index (χ2v) is 6.15. The molecule has 0 amide bonds. The van der Waals surface area contributed by atoms with Crippen LogP contribution in [-0.2, 0) is 4.84 Å². The maximum Gasteiger partial charge on any atom is 0.288 e. The van der Waals surface area contributed by atoms with Crippen LogP contribution >= 0.6 is 11.6 Å². The third-order valence-corrected chi connectivity index (χ3v) is 2.94. The highest BCUT2D eigenvalue weighted by molar-refractivity contribution is 6.30. The molecule has 1 aromatic heterocycles. The van der Waals surface area contributed by atoms with Crippen molar-refractivity contribution in [3.8, 4) is 5.75 Å². The van der Waals surface area contributed by atoms with Gasteiger partial charge in [-0.05, 0) is 39.0 Å². The molecule has 0 fully saturated rings. The topological polar surface area (TPSA) is 68.8 Å². The van der Waals surface area contributed by atoms with Gasteiger partial charge in [-0.25, -0.2) is 0 Å². The Labute approximate surface area is 134 Å². The van der Waals surface area contributed by atoms with Crippen LogP contribution in [-0.4, -0.2) is 16.4 Å². The summed E-state index contributed by atoms with van der Waals surface area (Å²) in [6.07, 6.45) is 1.29. The molecule has 0 bridgehead atoms. The molecule has 0 saturated heterocycles. The first kappa shape index (κ1) is 16.1. The lowest BCUT2D eigenvalue weighted by Crippen LogP contribution is -2.35. The molecule has 1 N–H and O–H groups in total. The number of hydrogen-bond donors (Lipinski definition) is 1. The Morgan fingerprint density at radius 2 is 1.86 bits per heavy atom. The van der Waals surface area contributed by atoms with E-state index in [0.29, 0.717) is 15.3 Å². The lowest BCUT2D eigenvalue weighted by molar-refractivity contribution is -0.607. The summed E-state index contributed by atoms with van der Waals surface area (Å²) in [7, 11) is 0. The average Bonchev–Trinajstić information content (AvgIpc) is 2.42. The van der Waals surface area contributed by atoms with Gasteiger partial charge in [0.15, 0.2) is 17.7 Å². The highest BCUT2D eigenvalue weighted by Gasteiger charge is 2.23. The van der Waals surface area contributed by atoms with Crippen molar-refractivity contribution in [3.63, 3.8) is 0 Å². The molecule has 0 aliphatic carbocycles. The zero-order valence-corrected chi connectivity index (χ0v) is 13.3. The number of aromatic hydroxyl groups is 1. The van der Waals surface area contributed by atoms with Crippen molar-refractivity contribution >= 4 is 17.3 Å². The smallest absolute Gasteiger partial charge is 0.288 e. The van der Waals surface area contributed by atoms with Crippen molar-refractivity contribution in [1.29, 1.82) is 0 Å². The van der Waals surface area contributed by atoms with Gasteiger partial charge in [0, 0.05) is 16.7 Å². The fourth-order valence-electron chi connectivity index (χ4n) is 1.73. The molecule has 6 heteroatoms. The van der Waals surface area contributed by atoms with Crippen molar-refractivity contribution in [2.75, 3.05) is 0 Å². The van der Waals surface area contributed by atoms with Gasteiger partial charge in [0.05, 0.1) is 0 Å². The Balaban J connectivity index is 2.58. The quantitative estimate of drug-likeness (QED) is 0.408. The molecule has 22 heavy (non-hydrogen) atoms. The van der Waals surface area contributed by atoms with Crippen LogP contribution in [0.5, 0.6) is 5.75 Å². The molecule has 0 aliphatic rings.